The first-order valence-corrected chi connectivity index (χ1v) is 12.0. The molecular formula is C6H4Br3ClSi. The summed E-state index contributed by atoms with van der Waals surface area (Å²) in [5.41, 5.74) is 0. The zero-order valence-corrected chi connectivity index (χ0v) is 11.8. The minimum absolute atomic E-state index is 0.782. The summed E-state index contributed by atoms with van der Waals surface area (Å²) in [7, 11) is 0. The number of rotatable bonds is 1. The highest BCUT2D eigenvalue weighted by Gasteiger charge is 2.27. The SMILES string of the molecule is Clc1ccccc1[Si](Br)(Br)Br. The van der Waals surface area contributed by atoms with Gasteiger partial charge in [0.2, 0.25) is 0 Å². The molecule has 0 nitrogen and oxygen atoms in total. The van der Waals surface area contributed by atoms with Gasteiger partial charge in [-0.25, -0.2) is 0 Å². The second-order valence-electron chi connectivity index (χ2n) is 1.98. The average molecular weight is 379 g/mol. The first-order chi connectivity index (χ1) is 5.02. The van der Waals surface area contributed by atoms with Crippen molar-refractivity contribution in [2.24, 2.45) is 0 Å². The van der Waals surface area contributed by atoms with Crippen molar-refractivity contribution in [3.05, 3.63) is 29.3 Å². The normalized spacial score (nSPS) is 11.6. The molecule has 0 atom stereocenters. The maximum Gasteiger partial charge on any atom is 0.299 e. The highest BCUT2D eigenvalue weighted by atomic mass is 80.0. The summed E-state index contributed by atoms with van der Waals surface area (Å²) in [6.07, 6.45) is 0. The highest BCUT2D eigenvalue weighted by molar-refractivity contribution is 9.72. The van der Waals surface area contributed by atoms with Crippen molar-refractivity contribution in [1.29, 1.82) is 0 Å². The lowest BCUT2D eigenvalue weighted by atomic mass is 10.4. The Morgan fingerprint density at radius 1 is 1.09 bits per heavy atom. The van der Waals surface area contributed by atoms with Crippen LogP contribution in [-0.4, -0.2) is 3.93 Å². The third-order valence-electron chi connectivity index (χ3n) is 1.18. The zero-order valence-electron chi connectivity index (χ0n) is 5.32. The van der Waals surface area contributed by atoms with Crippen LogP contribution in [0, 0.1) is 0 Å². The van der Waals surface area contributed by atoms with E-state index in [2.05, 4.69) is 45.9 Å². The van der Waals surface area contributed by atoms with Crippen LogP contribution < -0.4 is 5.19 Å². The highest BCUT2D eigenvalue weighted by Crippen LogP contribution is 2.29. The van der Waals surface area contributed by atoms with E-state index >= 15 is 0 Å². The van der Waals surface area contributed by atoms with Crippen LogP contribution in [0.1, 0.15) is 0 Å². The molecule has 0 spiro atoms. The number of hydrogen-bond donors (Lipinski definition) is 0. The maximum atomic E-state index is 5.95. The van der Waals surface area contributed by atoms with Gasteiger partial charge in [0.25, 0.3) is 3.93 Å². The summed E-state index contributed by atoms with van der Waals surface area (Å²) in [5, 5.41) is 1.88. The molecule has 60 valence electrons. The fourth-order valence-electron chi connectivity index (χ4n) is 0.691. The topological polar surface area (TPSA) is 0 Å². The Morgan fingerprint density at radius 3 is 2.00 bits per heavy atom. The minimum atomic E-state index is -1.77. The molecule has 0 unspecified atom stereocenters. The van der Waals surface area contributed by atoms with Crippen molar-refractivity contribution < 1.29 is 0 Å². The quantitative estimate of drug-likeness (QED) is 0.516. The molecule has 0 N–H and O–H groups in total. The standard InChI is InChI=1S/C6H4Br3ClSi/c7-11(8,9)6-4-2-1-3-5(6)10/h1-4H. The Kier molecular flexibility index (Phi) is 3.65. The Hall–Kier alpha value is 1.17. The van der Waals surface area contributed by atoms with Crippen molar-refractivity contribution in [3.8, 4) is 0 Å². The molecule has 0 heterocycles. The zero-order chi connectivity index (χ0) is 8.48. The van der Waals surface area contributed by atoms with Crippen molar-refractivity contribution >= 4 is 66.6 Å². The molecule has 0 aliphatic rings. The van der Waals surface area contributed by atoms with Gasteiger partial charge in [-0.2, -0.15) is 0 Å². The van der Waals surface area contributed by atoms with E-state index in [0.717, 1.165) is 10.2 Å². The van der Waals surface area contributed by atoms with Crippen LogP contribution >= 0.6 is 57.5 Å². The van der Waals surface area contributed by atoms with E-state index in [-0.39, 0.29) is 0 Å². The van der Waals surface area contributed by atoms with Gasteiger partial charge in [0.15, 0.2) is 0 Å². The Labute approximate surface area is 95.1 Å². The summed E-state index contributed by atoms with van der Waals surface area (Å²) in [4.78, 5) is 0. The summed E-state index contributed by atoms with van der Waals surface area (Å²) in [5.74, 6) is 0. The molecule has 0 aromatic heterocycles. The van der Waals surface area contributed by atoms with Crippen molar-refractivity contribution in [2.75, 3.05) is 0 Å². The van der Waals surface area contributed by atoms with Crippen LogP contribution in [0.15, 0.2) is 24.3 Å². The molecule has 0 amide bonds. The van der Waals surface area contributed by atoms with Gasteiger partial charge in [0, 0.05) is 5.02 Å². The van der Waals surface area contributed by atoms with Crippen LogP contribution in [0.4, 0.5) is 0 Å². The average Bonchev–Trinajstić information content (AvgIpc) is 1.86. The van der Waals surface area contributed by atoms with Gasteiger partial charge < -0.3 is 0 Å². The molecular weight excluding hydrogens is 375 g/mol. The van der Waals surface area contributed by atoms with Crippen LogP contribution in [0.2, 0.25) is 5.02 Å². The molecule has 5 heteroatoms. The van der Waals surface area contributed by atoms with Gasteiger partial charge in [-0.15, -0.1) is 0 Å². The van der Waals surface area contributed by atoms with Crippen LogP contribution in [0.3, 0.4) is 0 Å². The van der Waals surface area contributed by atoms with Gasteiger partial charge in [-0.1, -0.05) is 75.7 Å². The van der Waals surface area contributed by atoms with Crippen LogP contribution in [0.25, 0.3) is 0 Å². The largest absolute Gasteiger partial charge is 0.299 e. The third kappa shape index (κ3) is 2.84. The molecule has 0 fully saturated rings. The van der Waals surface area contributed by atoms with Gasteiger partial charge in [0.05, 0.1) is 0 Å². The predicted octanol–water partition coefficient (Wildman–Crippen LogP) is 3.67. The van der Waals surface area contributed by atoms with Gasteiger partial charge in [-0.05, 0) is 11.3 Å². The lowest BCUT2D eigenvalue weighted by molar-refractivity contribution is 1.77. The fourth-order valence-corrected chi connectivity index (χ4v) is 6.03. The summed E-state index contributed by atoms with van der Waals surface area (Å²) < 4.78 is -1.77. The summed E-state index contributed by atoms with van der Waals surface area (Å²) in [6.45, 7) is 0. The molecule has 0 radical (unpaired) electrons. The second-order valence-corrected chi connectivity index (χ2v) is 24.2. The third-order valence-corrected chi connectivity index (χ3v) is 6.56. The molecule has 0 saturated carbocycles. The second kappa shape index (κ2) is 3.92. The first kappa shape index (κ1) is 10.2. The lowest BCUT2D eigenvalue weighted by Gasteiger charge is -2.10. The van der Waals surface area contributed by atoms with E-state index in [4.69, 9.17) is 11.6 Å². The number of halogens is 4. The van der Waals surface area contributed by atoms with Crippen LogP contribution in [0.5, 0.6) is 0 Å². The molecule has 1 aromatic rings. The molecule has 1 rings (SSSR count). The van der Waals surface area contributed by atoms with E-state index in [0.29, 0.717) is 0 Å². The van der Waals surface area contributed by atoms with E-state index in [1.165, 1.54) is 0 Å². The van der Waals surface area contributed by atoms with Crippen molar-refractivity contribution in [3.63, 3.8) is 0 Å². The van der Waals surface area contributed by atoms with Crippen molar-refractivity contribution in [1.82, 2.24) is 0 Å². The molecule has 0 bridgehead atoms. The predicted molar refractivity (Wildman–Crippen MR) is 63.6 cm³/mol. The van der Waals surface area contributed by atoms with Crippen LogP contribution in [-0.2, 0) is 0 Å². The first-order valence-electron chi connectivity index (χ1n) is 2.83. The van der Waals surface area contributed by atoms with E-state index in [9.17, 15) is 0 Å². The fraction of sp³-hybridized carbons (Fsp3) is 0. The summed E-state index contributed by atoms with van der Waals surface area (Å²) in [6, 6.07) is 7.75. The van der Waals surface area contributed by atoms with Gasteiger partial charge >= 0.3 is 0 Å². The molecule has 0 aliphatic heterocycles. The smallest absolute Gasteiger partial charge is 0.0910 e. The van der Waals surface area contributed by atoms with Gasteiger partial charge in [0.1, 0.15) is 0 Å². The Morgan fingerprint density at radius 2 is 1.64 bits per heavy atom. The lowest BCUT2D eigenvalue weighted by Crippen LogP contribution is -2.28. The molecule has 0 aliphatic carbocycles. The van der Waals surface area contributed by atoms with E-state index in [1.807, 2.05) is 24.3 Å². The molecule has 11 heavy (non-hydrogen) atoms. The number of hydrogen-bond acceptors (Lipinski definition) is 0. The maximum absolute atomic E-state index is 5.95. The Bertz CT molecular complexity index is 258. The van der Waals surface area contributed by atoms with E-state index in [1.54, 1.807) is 0 Å². The molecule has 1 aromatic carbocycles. The number of benzene rings is 1. The Balaban J connectivity index is 3.14. The van der Waals surface area contributed by atoms with Crippen molar-refractivity contribution in [2.45, 2.75) is 0 Å². The molecule has 0 saturated heterocycles. The minimum Gasteiger partial charge on any atom is -0.0910 e. The monoisotopic (exact) mass is 376 g/mol. The summed E-state index contributed by atoms with van der Waals surface area (Å²) >= 11 is 16.5. The van der Waals surface area contributed by atoms with Gasteiger partial charge in [-0.3, -0.25) is 0 Å². The van der Waals surface area contributed by atoms with E-state index < -0.39 is 3.93 Å².